The summed E-state index contributed by atoms with van der Waals surface area (Å²) in [6.07, 6.45) is 1.16. The number of halogens is 2. The highest BCUT2D eigenvalue weighted by molar-refractivity contribution is 5.25. The molecule has 1 aromatic carbocycles. The lowest BCUT2D eigenvalue weighted by atomic mass is 9.82. The van der Waals surface area contributed by atoms with Crippen molar-refractivity contribution in [1.82, 2.24) is 0 Å². The number of nitrogens with two attached hydrogens (primary N) is 1. The van der Waals surface area contributed by atoms with Crippen LogP contribution in [0.4, 0.5) is 8.78 Å². The van der Waals surface area contributed by atoms with Crippen molar-refractivity contribution in [3.05, 3.63) is 35.4 Å². The molecule has 1 unspecified atom stereocenters. The van der Waals surface area contributed by atoms with Gasteiger partial charge in [0.25, 0.3) is 0 Å². The summed E-state index contributed by atoms with van der Waals surface area (Å²) in [5.41, 5.74) is 5.66. The summed E-state index contributed by atoms with van der Waals surface area (Å²) in [4.78, 5) is 0. The second kappa shape index (κ2) is 5.94. The Morgan fingerprint density at radius 1 is 1.37 bits per heavy atom. The van der Waals surface area contributed by atoms with Crippen LogP contribution >= 0.6 is 0 Å². The Labute approximate surface area is 111 Å². The van der Waals surface area contributed by atoms with Crippen LogP contribution in [-0.2, 0) is 9.47 Å². The maximum Gasteiger partial charge on any atom is 0.128 e. The normalized spacial score (nSPS) is 20.2. The van der Waals surface area contributed by atoms with Crippen molar-refractivity contribution in [3.63, 3.8) is 0 Å². The Bertz CT molecular complexity index is 428. The van der Waals surface area contributed by atoms with E-state index in [0.717, 1.165) is 18.2 Å². The lowest BCUT2D eigenvalue weighted by molar-refractivity contribution is -0.122. The first kappa shape index (κ1) is 14.4. The molecule has 0 spiro atoms. The fraction of sp³-hybridized carbons (Fsp3) is 0.571. The lowest BCUT2D eigenvalue weighted by Crippen LogP contribution is -2.48. The van der Waals surface area contributed by atoms with Crippen molar-refractivity contribution >= 4 is 0 Å². The van der Waals surface area contributed by atoms with E-state index >= 15 is 0 Å². The molecule has 1 atom stereocenters. The minimum Gasteiger partial charge on any atom is -0.381 e. The van der Waals surface area contributed by atoms with Crippen LogP contribution in [0.2, 0.25) is 0 Å². The van der Waals surface area contributed by atoms with E-state index in [4.69, 9.17) is 15.2 Å². The van der Waals surface area contributed by atoms with E-state index in [9.17, 15) is 8.78 Å². The first-order valence-electron chi connectivity index (χ1n) is 6.51. The monoisotopic (exact) mass is 271 g/mol. The zero-order valence-electron chi connectivity index (χ0n) is 11.0. The summed E-state index contributed by atoms with van der Waals surface area (Å²) >= 11 is 0. The molecule has 0 aromatic heterocycles. The highest BCUT2D eigenvalue weighted by atomic mass is 19.1. The topological polar surface area (TPSA) is 44.5 Å². The van der Waals surface area contributed by atoms with Gasteiger partial charge in [0, 0.05) is 38.2 Å². The van der Waals surface area contributed by atoms with Gasteiger partial charge in [-0.3, -0.25) is 0 Å². The molecule has 0 aliphatic carbocycles. The maximum atomic E-state index is 13.9. The summed E-state index contributed by atoms with van der Waals surface area (Å²) < 4.78 is 38.2. The molecule has 1 fully saturated rings. The first-order valence-corrected chi connectivity index (χ1v) is 6.51. The van der Waals surface area contributed by atoms with Crippen LogP contribution in [0.5, 0.6) is 0 Å². The summed E-state index contributed by atoms with van der Waals surface area (Å²) in [7, 11) is 0. The smallest absolute Gasteiger partial charge is 0.128 e. The van der Waals surface area contributed by atoms with Gasteiger partial charge in [-0.1, -0.05) is 0 Å². The predicted octanol–water partition coefficient (Wildman–Crippen LogP) is 2.55. The molecule has 2 rings (SSSR count). The number of hydrogen-bond acceptors (Lipinski definition) is 3. The molecule has 0 saturated carbocycles. The Hall–Kier alpha value is -1.04. The first-order chi connectivity index (χ1) is 9.09. The van der Waals surface area contributed by atoms with E-state index in [-0.39, 0.29) is 5.56 Å². The predicted molar refractivity (Wildman–Crippen MR) is 67.7 cm³/mol. The molecule has 0 radical (unpaired) electrons. The standard InChI is InChI=1S/C14H19F2NO2/c1-2-19-14(5-7-18-8-6-14)13(17)11-9-10(15)3-4-12(11)16/h3-4,9,13H,2,5-8,17H2,1H3. The van der Waals surface area contributed by atoms with E-state index < -0.39 is 23.3 Å². The van der Waals surface area contributed by atoms with Crippen molar-refractivity contribution < 1.29 is 18.3 Å². The van der Waals surface area contributed by atoms with Gasteiger partial charge in [-0.25, -0.2) is 8.78 Å². The highest BCUT2D eigenvalue weighted by Crippen LogP contribution is 2.37. The molecule has 5 heteroatoms. The second-order valence-corrected chi connectivity index (χ2v) is 4.75. The van der Waals surface area contributed by atoms with Crippen molar-refractivity contribution in [1.29, 1.82) is 0 Å². The molecule has 1 aliphatic rings. The zero-order valence-corrected chi connectivity index (χ0v) is 11.0. The van der Waals surface area contributed by atoms with Gasteiger partial charge in [-0.2, -0.15) is 0 Å². The largest absolute Gasteiger partial charge is 0.381 e. The quantitative estimate of drug-likeness (QED) is 0.915. The van der Waals surface area contributed by atoms with Crippen LogP contribution in [0.3, 0.4) is 0 Å². The van der Waals surface area contributed by atoms with Crippen LogP contribution in [0.25, 0.3) is 0 Å². The van der Waals surface area contributed by atoms with Gasteiger partial charge in [-0.15, -0.1) is 0 Å². The summed E-state index contributed by atoms with van der Waals surface area (Å²) in [5, 5.41) is 0. The van der Waals surface area contributed by atoms with E-state index in [0.29, 0.717) is 32.7 Å². The lowest BCUT2D eigenvalue weighted by Gasteiger charge is -2.41. The molecule has 3 nitrogen and oxygen atoms in total. The maximum absolute atomic E-state index is 13.9. The number of benzene rings is 1. The summed E-state index contributed by atoms with van der Waals surface area (Å²) in [5.74, 6) is -0.995. The molecular weight excluding hydrogens is 252 g/mol. The Morgan fingerprint density at radius 2 is 2.05 bits per heavy atom. The van der Waals surface area contributed by atoms with E-state index in [2.05, 4.69) is 0 Å². The molecule has 1 aromatic rings. The number of hydrogen-bond donors (Lipinski definition) is 1. The number of ether oxygens (including phenoxy) is 2. The van der Waals surface area contributed by atoms with Crippen LogP contribution in [0.15, 0.2) is 18.2 Å². The Morgan fingerprint density at radius 3 is 2.68 bits per heavy atom. The average Bonchev–Trinajstić information content (AvgIpc) is 2.42. The third kappa shape index (κ3) is 2.94. The molecule has 19 heavy (non-hydrogen) atoms. The molecule has 2 N–H and O–H groups in total. The van der Waals surface area contributed by atoms with Crippen LogP contribution in [-0.4, -0.2) is 25.4 Å². The molecule has 1 aliphatic heterocycles. The van der Waals surface area contributed by atoms with Gasteiger partial charge in [0.2, 0.25) is 0 Å². The third-order valence-electron chi connectivity index (χ3n) is 3.63. The molecule has 1 saturated heterocycles. The van der Waals surface area contributed by atoms with Gasteiger partial charge < -0.3 is 15.2 Å². The van der Waals surface area contributed by atoms with E-state index in [1.807, 2.05) is 6.92 Å². The highest BCUT2D eigenvalue weighted by Gasteiger charge is 2.41. The molecule has 0 bridgehead atoms. The zero-order chi connectivity index (χ0) is 13.9. The van der Waals surface area contributed by atoms with Crippen LogP contribution in [0, 0.1) is 11.6 Å². The Kier molecular flexibility index (Phi) is 4.50. The van der Waals surface area contributed by atoms with Crippen LogP contribution < -0.4 is 5.73 Å². The van der Waals surface area contributed by atoms with Gasteiger partial charge in [0.1, 0.15) is 11.6 Å². The summed E-state index contributed by atoms with van der Waals surface area (Å²) in [6.45, 7) is 3.38. The van der Waals surface area contributed by atoms with Crippen molar-refractivity contribution in [2.24, 2.45) is 5.73 Å². The van der Waals surface area contributed by atoms with Gasteiger partial charge in [0.15, 0.2) is 0 Å². The summed E-state index contributed by atoms with van der Waals surface area (Å²) in [6, 6.07) is 2.63. The minimum absolute atomic E-state index is 0.162. The van der Waals surface area contributed by atoms with E-state index in [1.54, 1.807) is 0 Å². The van der Waals surface area contributed by atoms with Gasteiger partial charge in [0.05, 0.1) is 11.6 Å². The minimum atomic E-state index is -0.702. The van der Waals surface area contributed by atoms with Gasteiger partial charge in [-0.05, 0) is 25.1 Å². The fourth-order valence-electron chi connectivity index (χ4n) is 2.59. The average molecular weight is 271 g/mol. The Balaban J connectivity index is 2.32. The third-order valence-corrected chi connectivity index (χ3v) is 3.63. The molecular formula is C14H19F2NO2. The van der Waals surface area contributed by atoms with E-state index in [1.165, 1.54) is 0 Å². The van der Waals surface area contributed by atoms with Crippen LogP contribution in [0.1, 0.15) is 31.4 Å². The van der Waals surface area contributed by atoms with Crippen molar-refractivity contribution in [3.8, 4) is 0 Å². The van der Waals surface area contributed by atoms with Crippen molar-refractivity contribution in [2.45, 2.75) is 31.4 Å². The molecule has 0 amide bonds. The van der Waals surface area contributed by atoms with Crippen molar-refractivity contribution in [2.75, 3.05) is 19.8 Å². The fourth-order valence-corrected chi connectivity index (χ4v) is 2.59. The number of rotatable bonds is 4. The SMILES string of the molecule is CCOC1(C(N)c2cc(F)ccc2F)CCOCC1. The van der Waals surface area contributed by atoms with Gasteiger partial charge >= 0.3 is 0 Å². The molecule has 1 heterocycles. The molecule has 106 valence electrons. The second-order valence-electron chi connectivity index (χ2n) is 4.75.